The molecule has 0 aliphatic carbocycles. The molecule has 2 heterocycles. The summed E-state index contributed by atoms with van der Waals surface area (Å²) in [5, 5.41) is 6.92. The van der Waals surface area contributed by atoms with E-state index in [-0.39, 0.29) is 5.91 Å². The molecule has 1 unspecified atom stereocenters. The number of nitrogens with zero attached hydrogens (tertiary/aromatic N) is 1. The number of hydrogen-bond acceptors (Lipinski definition) is 4. The van der Waals surface area contributed by atoms with E-state index in [0.29, 0.717) is 0 Å². The van der Waals surface area contributed by atoms with Crippen LogP contribution in [0.25, 0.3) is 11.1 Å². The van der Waals surface area contributed by atoms with Gasteiger partial charge in [0.25, 0.3) is 5.91 Å². The molecule has 1 aliphatic heterocycles. The van der Waals surface area contributed by atoms with Crippen LogP contribution < -0.4 is 11.1 Å². The Morgan fingerprint density at radius 3 is 2.44 bits per heavy atom. The molecule has 3 aromatic rings. The fraction of sp³-hybridized carbons (Fsp3) is 0.200. The lowest BCUT2D eigenvalue weighted by Gasteiger charge is -2.23. The molecule has 0 fully saturated rings. The number of benzene rings is 2. The molecule has 25 heavy (non-hydrogen) atoms. The summed E-state index contributed by atoms with van der Waals surface area (Å²) < 4.78 is 5.28. The smallest absolute Gasteiger partial charge is 0.253 e. The van der Waals surface area contributed by atoms with Gasteiger partial charge in [-0.3, -0.25) is 4.79 Å². The van der Waals surface area contributed by atoms with E-state index >= 15 is 0 Å². The van der Waals surface area contributed by atoms with Crippen LogP contribution in [-0.4, -0.2) is 11.1 Å². The molecule has 0 spiro atoms. The number of rotatable bonds is 2. The molecule has 1 aliphatic rings. The number of anilines is 1. The van der Waals surface area contributed by atoms with E-state index in [0.717, 1.165) is 45.0 Å². The van der Waals surface area contributed by atoms with E-state index in [1.54, 1.807) is 0 Å². The molecule has 4 rings (SSSR count). The van der Waals surface area contributed by atoms with Crippen molar-refractivity contribution in [3.05, 3.63) is 70.6 Å². The Kier molecular flexibility index (Phi) is 3.30. The zero-order chi connectivity index (χ0) is 17.8. The summed E-state index contributed by atoms with van der Waals surface area (Å²) in [6.07, 6.45) is 0. The highest BCUT2D eigenvalue weighted by atomic mass is 16.5. The third kappa shape index (κ3) is 2.20. The molecular formula is C20H19N3O2. The first-order valence-corrected chi connectivity index (χ1v) is 8.16. The highest BCUT2D eigenvalue weighted by Crippen LogP contribution is 2.41. The van der Waals surface area contributed by atoms with Crippen molar-refractivity contribution in [2.45, 2.75) is 26.3 Å². The maximum Gasteiger partial charge on any atom is 0.253 e. The standard InChI is InChI=1S/C20H19N3O2/c1-11-4-7-15(8-5-11)20(21)16-10-14(6-9-17(16)22-19(20)24)18-12(2)23-25-13(18)3/h4-10H,21H2,1-3H3,(H,22,24). The van der Waals surface area contributed by atoms with Crippen molar-refractivity contribution in [3.8, 4) is 11.1 Å². The van der Waals surface area contributed by atoms with Crippen molar-refractivity contribution >= 4 is 11.6 Å². The van der Waals surface area contributed by atoms with Gasteiger partial charge in [0.2, 0.25) is 0 Å². The van der Waals surface area contributed by atoms with Gasteiger partial charge in [-0.05, 0) is 44.0 Å². The van der Waals surface area contributed by atoms with Crippen molar-refractivity contribution < 1.29 is 9.32 Å². The third-order valence-corrected chi connectivity index (χ3v) is 4.88. The first-order chi connectivity index (χ1) is 11.9. The van der Waals surface area contributed by atoms with Gasteiger partial charge in [0.05, 0.1) is 5.69 Å². The topological polar surface area (TPSA) is 81.2 Å². The summed E-state index contributed by atoms with van der Waals surface area (Å²) in [7, 11) is 0. The lowest BCUT2D eigenvalue weighted by atomic mass is 9.83. The van der Waals surface area contributed by atoms with Gasteiger partial charge >= 0.3 is 0 Å². The number of carbonyl (C=O) groups is 1. The number of nitrogens with one attached hydrogen (secondary N) is 1. The number of fused-ring (bicyclic) bond motifs is 1. The van der Waals surface area contributed by atoms with Crippen LogP contribution in [0.3, 0.4) is 0 Å². The van der Waals surface area contributed by atoms with Gasteiger partial charge in [-0.15, -0.1) is 0 Å². The highest BCUT2D eigenvalue weighted by molar-refractivity contribution is 6.08. The molecule has 5 heteroatoms. The number of carbonyl (C=O) groups excluding carboxylic acids is 1. The van der Waals surface area contributed by atoms with Crippen molar-refractivity contribution in [3.63, 3.8) is 0 Å². The summed E-state index contributed by atoms with van der Waals surface area (Å²) in [5.74, 6) is 0.523. The minimum atomic E-state index is -1.21. The van der Waals surface area contributed by atoms with Crippen molar-refractivity contribution in [1.29, 1.82) is 0 Å². The van der Waals surface area contributed by atoms with Gasteiger partial charge in [0, 0.05) is 16.8 Å². The Balaban J connectivity index is 1.91. The second-order valence-corrected chi connectivity index (χ2v) is 6.59. The Hall–Kier alpha value is -2.92. The van der Waals surface area contributed by atoms with E-state index in [4.69, 9.17) is 10.3 Å². The lowest BCUT2D eigenvalue weighted by molar-refractivity contribution is -0.119. The van der Waals surface area contributed by atoms with E-state index < -0.39 is 5.54 Å². The van der Waals surface area contributed by atoms with Crippen LogP contribution in [-0.2, 0) is 10.3 Å². The molecule has 126 valence electrons. The lowest BCUT2D eigenvalue weighted by Crippen LogP contribution is -2.44. The second kappa shape index (κ2) is 5.29. The van der Waals surface area contributed by atoms with Gasteiger partial charge in [-0.25, -0.2) is 0 Å². The molecular weight excluding hydrogens is 314 g/mol. The molecule has 2 aromatic carbocycles. The van der Waals surface area contributed by atoms with Crippen LogP contribution in [0.15, 0.2) is 47.0 Å². The fourth-order valence-electron chi connectivity index (χ4n) is 3.48. The highest BCUT2D eigenvalue weighted by Gasteiger charge is 2.45. The molecule has 1 aromatic heterocycles. The minimum Gasteiger partial charge on any atom is -0.361 e. The zero-order valence-corrected chi connectivity index (χ0v) is 14.4. The normalized spacial score (nSPS) is 19.0. The predicted octanol–water partition coefficient (Wildman–Crippen LogP) is 3.42. The van der Waals surface area contributed by atoms with Crippen LogP contribution >= 0.6 is 0 Å². The fourth-order valence-corrected chi connectivity index (χ4v) is 3.48. The number of aryl methyl sites for hydroxylation is 3. The Labute approximate surface area is 145 Å². The molecule has 5 nitrogen and oxygen atoms in total. The first-order valence-electron chi connectivity index (χ1n) is 8.16. The summed E-state index contributed by atoms with van der Waals surface area (Å²) in [4.78, 5) is 12.7. The number of aromatic nitrogens is 1. The molecule has 1 atom stereocenters. The van der Waals surface area contributed by atoms with Crippen LogP contribution in [0.1, 0.15) is 28.1 Å². The average molecular weight is 333 g/mol. The second-order valence-electron chi connectivity index (χ2n) is 6.59. The Morgan fingerprint density at radius 1 is 1.08 bits per heavy atom. The van der Waals surface area contributed by atoms with Crippen molar-refractivity contribution in [2.75, 3.05) is 5.32 Å². The van der Waals surface area contributed by atoms with Crippen molar-refractivity contribution in [2.24, 2.45) is 5.73 Å². The van der Waals surface area contributed by atoms with E-state index in [2.05, 4.69) is 10.5 Å². The Bertz CT molecular complexity index is 969. The van der Waals surface area contributed by atoms with Crippen LogP contribution in [0.5, 0.6) is 0 Å². The third-order valence-electron chi connectivity index (χ3n) is 4.88. The summed E-state index contributed by atoms with van der Waals surface area (Å²) >= 11 is 0. The first kappa shape index (κ1) is 15.6. The van der Waals surface area contributed by atoms with Crippen LogP contribution in [0, 0.1) is 20.8 Å². The minimum absolute atomic E-state index is 0.220. The zero-order valence-electron chi connectivity index (χ0n) is 14.4. The molecule has 1 amide bonds. The quantitative estimate of drug-likeness (QED) is 0.753. The molecule has 3 N–H and O–H groups in total. The molecule has 0 bridgehead atoms. The predicted molar refractivity (Wildman–Crippen MR) is 96.2 cm³/mol. The summed E-state index contributed by atoms with van der Waals surface area (Å²) in [6.45, 7) is 5.78. The van der Waals surface area contributed by atoms with Gasteiger partial charge in [0.1, 0.15) is 11.3 Å². The van der Waals surface area contributed by atoms with Gasteiger partial charge in [-0.1, -0.05) is 41.1 Å². The van der Waals surface area contributed by atoms with Crippen LogP contribution in [0.4, 0.5) is 5.69 Å². The monoisotopic (exact) mass is 333 g/mol. The number of nitrogens with two attached hydrogens (primary N) is 1. The maximum atomic E-state index is 12.7. The SMILES string of the molecule is Cc1ccc(C2(N)C(=O)Nc3ccc(-c4c(C)noc4C)cc32)cc1. The summed E-state index contributed by atoms with van der Waals surface area (Å²) in [5.41, 5.74) is 11.5. The average Bonchev–Trinajstić information content (AvgIpc) is 3.06. The van der Waals surface area contributed by atoms with E-state index in [9.17, 15) is 4.79 Å². The van der Waals surface area contributed by atoms with E-state index in [1.165, 1.54) is 0 Å². The van der Waals surface area contributed by atoms with Gasteiger partial charge in [-0.2, -0.15) is 0 Å². The molecule has 0 radical (unpaired) electrons. The van der Waals surface area contributed by atoms with Crippen LogP contribution in [0.2, 0.25) is 0 Å². The number of hydrogen-bond donors (Lipinski definition) is 2. The molecule has 0 saturated carbocycles. The summed E-state index contributed by atoms with van der Waals surface area (Å²) in [6, 6.07) is 13.5. The van der Waals surface area contributed by atoms with Crippen molar-refractivity contribution in [1.82, 2.24) is 5.16 Å². The van der Waals surface area contributed by atoms with Gasteiger partial charge in [0.15, 0.2) is 0 Å². The van der Waals surface area contributed by atoms with E-state index in [1.807, 2.05) is 63.2 Å². The Morgan fingerprint density at radius 2 is 1.80 bits per heavy atom. The molecule has 0 saturated heterocycles. The largest absolute Gasteiger partial charge is 0.361 e. The van der Waals surface area contributed by atoms with Gasteiger partial charge < -0.3 is 15.6 Å². The maximum absolute atomic E-state index is 12.7. The number of amides is 1.